The standard InChI is InChI=1S/C17H29NO2/c1-3-4-5-6-12-18-13-15-20-17-9-7-16(8-10-17)11-14-19-2/h7-10,18H,3-6,11-15H2,1-2H3. The van der Waals surface area contributed by atoms with Gasteiger partial charge in [-0.1, -0.05) is 38.3 Å². The van der Waals surface area contributed by atoms with Crippen molar-refractivity contribution >= 4 is 0 Å². The third-order valence-electron chi connectivity index (χ3n) is 3.27. The van der Waals surface area contributed by atoms with E-state index >= 15 is 0 Å². The molecule has 0 fully saturated rings. The molecule has 3 heteroatoms. The quantitative estimate of drug-likeness (QED) is 0.595. The van der Waals surface area contributed by atoms with Crippen LogP contribution in [0.2, 0.25) is 0 Å². The van der Waals surface area contributed by atoms with Gasteiger partial charge in [0.2, 0.25) is 0 Å². The molecule has 1 aromatic rings. The molecule has 0 heterocycles. The van der Waals surface area contributed by atoms with Gasteiger partial charge in [-0.3, -0.25) is 0 Å². The van der Waals surface area contributed by atoms with Crippen molar-refractivity contribution in [3.8, 4) is 5.75 Å². The molecule has 0 aliphatic carbocycles. The lowest BCUT2D eigenvalue weighted by atomic mass is 10.1. The summed E-state index contributed by atoms with van der Waals surface area (Å²) in [5, 5.41) is 3.41. The predicted molar refractivity (Wildman–Crippen MR) is 84.5 cm³/mol. The zero-order valence-electron chi connectivity index (χ0n) is 13.0. The van der Waals surface area contributed by atoms with E-state index in [0.29, 0.717) is 0 Å². The van der Waals surface area contributed by atoms with Gasteiger partial charge in [0, 0.05) is 13.7 Å². The Balaban J connectivity index is 2.04. The second-order valence-corrected chi connectivity index (χ2v) is 5.05. The van der Waals surface area contributed by atoms with E-state index in [-0.39, 0.29) is 0 Å². The highest BCUT2D eigenvalue weighted by atomic mass is 16.5. The molecular formula is C17H29NO2. The van der Waals surface area contributed by atoms with Crippen molar-refractivity contribution in [1.29, 1.82) is 0 Å². The van der Waals surface area contributed by atoms with Crippen LogP contribution in [0.1, 0.15) is 38.2 Å². The normalized spacial score (nSPS) is 10.7. The maximum atomic E-state index is 5.70. The third kappa shape index (κ3) is 8.18. The molecule has 0 spiro atoms. The number of rotatable bonds is 12. The second-order valence-electron chi connectivity index (χ2n) is 5.05. The van der Waals surface area contributed by atoms with Crippen LogP contribution >= 0.6 is 0 Å². The molecule has 0 atom stereocenters. The van der Waals surface area contributed by atoms with Crippen molar-refractivity contribution < 1.29 is 9.47 Å². The van der Waals surface area contributed by atoms with Crippen LogP contribution < -0.4 is 10.1 Å². The lowest BCUT2D eigenvalue weighted by Gasteiger charge is -2.08. The van der Waals surface area contributed by atoms with Crippen LogP contribution in [0.3, 0.4) is 0 Å². The monoisotopic (exact) mass is 279 g/mol. The van der Waals surface area contributed by atoms with E-state index in [0.717, 1.165) is 38.5 Å². The zero-order chi connectivity index (χ0) is 14.5. The molecule has 0 saturated heterocycles. The van der Waals surface area contributed by atoms with Crippen LogP contribution in [-0.4, -0.2) is 33.4 Å². The molecule has 0 unspecified atom stereocenters. The summed E-state index contributed by atoms with van der Waals surface area (Å²) in [5.74, 6) is 0.943. The number of hydrogen-bond acceptors (Lipinski definition) is 3. The van der Waals surface area contributed by atoms with Crippen LogP contribution in [0.5, 0.6) is 5.75 Å². The Hall–Kier alpha value is -1.06. The van der Waals surface area contributed by atoms with Gasteiger partial charge in [-0.25, -0.2) is 0 Å². The van der Waals surface area contributed by atoms with Crippen LogP contribution in [0.15, 0.2) is 24.3 Å². The van der Waals surface area contributed by atoms with Crippen molar-refractivity contribution in [2.24, 2.45) is 0 Å². The van der Waals surface area contributed by atoms with Crippen molar-refractivity contribution in [3.05, 3.63) is 29.8 Å². The summed E-state index contributed by atoms with van der Waals surface area (Å²) in [6, 6.07) is 8.28. The summed E-state index contributed by atoms with van der Waals surface area (Å²) in [5.41, 5.74) is 1.29. The first-order valence-electron chi connectivity index (χ1n) is 7.78. The summed E-state index contributed by atoms with van der Waals surface area (Å²) in [7, 11) is 1.73. The van der Waals surface area contributed by atoms with Gasteiger partial charge in [0.1, 0.15) is 12.4 Å². The molecule has 0 aromatic heterocycles. The number of ether oxygens (including phenoxy) is 2. The minimum atomic E-state index is 0.727. The molecule has 0 radical (unpaired) electrons. The Labute approximate surface area is 123 Å². The van der Waals surface area contributed by atoms with Gasteiger partial charge >= 0.3 is 0 Å². The minimum Gasteiger partial charge on any atom is -0.492 e. The number of benzene rings is 1. The van der Waals surface area contributed by atoms with Gasteiger partial charge in [-0.05, 0) is 37.1 Å². The summed E-state index contributed by atoms with van der Waals surface area (Å²) < 4.78 is 10.8. The first kappa shape index (κ1) is 17.0. The van der Waals surface area contributed by atoms with E-state index in [1.54, 1.807) is 7.11 Å². The van der Waals surface area contributed by atoms with Crippen LogP contribution in [0.4, 0.5) is 0 Å². The number of hydrogen-bond donors (Lipinski definition) is 1. The van der Waals surface area contributed by atoms with Crippen molar-refractivity contribution in [3.63, 3.8) is 0 Å². The van der Waals surface area contributed by atoms with E-state index in [1.165, 1.54) is 31.2 Å². The number of unbranched alkanes of at least 4 members (excludes halogenated alkanes) is 3. The maximum absolute atomic E-state index is 5.70. The Morgan fingerprint density at radius 2 is 1.75 bits per heavy atom. The minimum absolute atomic E-state index is 0.727. The largest absolute Gasteiger partial charge is 0.492 e. The summed E-state index contributed by atoms with van der Waals surface area (Å²) in [4.78, 5) is 0. The fourth-order valence-electron chi connectivity index (χ4n) is 2.02. The van der Waals surface area contributed by atoms with Gasteiger partial charge < -0.3 is 14.8 Å². The molecule has 114 valence electrons. The molecule has 1 N–H and O–H groups in total. The Morgan fingerprint density at radius 3 is 2.45 bits per heavy atom. The highest BCUT2D eigenvalue weighted by Crippen LogP contribution is 2.12. The van der Waals surface area contributed by atoms with Gasteiger partial charge in [-0.2, -0.15) is 0 Å². The average molecular weight is 279 g/mol. The lowest BCUT2D eigenvalue weighted by molar-refractivity contribution is 0.202. The summed E-state index contributed by atoms with van der Waals surface area (Å²) in [6.45, 7) is 5.74. The Morgan fingerprint density at radius 1 is 0.950 bits per heavy atom. The van der Waals surface area contributed by atoms with E-state index < -0.39 is 0 Å². The summed E-state index contributed by atoms with van der Waals surface area (Å²) >= 11 is 0. The molecule has 0 bridgehead atoms. The first-order valence-corrected chi connectivity index (χ1v) is 7.78. The fourth-order valence-corrected chi connectivity index (χ4v) is 2.02. The average Bonchev–Trinajstić information content (AvgIpc) is 2.49. The van der Waals surface area contributed by atoms with Crippen molar-refractivity contribution in [1.82, 2.24) is 5.32 Å². The molecular weight excluding hydrogens is 250 g/mol. The topological polar surface area (TPSA) is 30.5 Å². The first-order chi connectivity index (χ1) is 9.86. The van der Waals surface area contributed by atoms with Crippen LogP contribution in [0, 0.1) is 0 Å². The van der Waals surface area contributed by atoms with E-state index in [2.05, 4.69) is 24.4 Å². The molecule has 3 nitrogen and oxygen atoms in total. The van der Waals surface area contributed by atoms with E-state index in [1.807, 2.05) is 12.1 Å². The highest BCUT2D eigenvalue weighted by molar-refractivity contribution is 5.27. The number of nitrogens with one attached hydrogen (secondary N) is 1. The SMILES string of the molecule is CCCCCCNCCOc1ccc(CCOC)cc1. The van der Waals surface area contributed by atoms with Gasteiger partial charge in [0.15, 0.2) is 0 Å². The molecule has 0 saturated carbocycles. The van der Waals surface area contributed by atoms with Crippen molar-refractivity contribution in [2.75, 3.05) is 33.4 Å². The predicted octanol–water partition coefficient (Wildman–Crippen LogP) is 3.42. The molecule has 0 aliphatic rings. The molecule has 1 aromatic carbocycles. The molecule has 20 heavy (non-hydrogen) atoms. The van der Waals surface area contributed by atoms with Crippen molar-refractivity contribution in [2.45, 2.75) is 39.0 Å². The Kier molecular flexibility index (Phi) is 9.98. The highest BCUT2D eigenvalue weighted by Gasteiger charge is 1.96. The molecule has 0 aliphatic heterocycles. The van der Waals surface area contributed by atoms with Gasteiger partial charge in [-0.15, -0.1) is 0 Å². The third-order valence-corrected chi connectivity index (χ3v) is 3.27. The summed E-state index contributed by atoms with van der Waals surface area (Å²) in [6.07, 6.45) is 6.18. The van der Waals surface area contributed by atoms with E-state index in [9.17, 15) is 0 Å². The zero-order valence-corrected chi connectivity index (χ0v) is 13.0. The fraction of sp³-hybridized carbons (Fsp3) is 0.647. The Bertz CT molecular complexity index is 324. The smallest absolute Gasteiger partial charge is 0.119 e. The van der Waals surface area contributed by atoms with Gasteiger partial charge in [0.05, 0.1) is 6.61 Å². The number of methoxy groups -OCH3 is 1. The lowest BCUT2D eigenvalue weighted by Crippen LogP contribution is -2.22. The van der Waals surface area contributed by atoms with E-state index in [4.69, 9.17) is 9.47 Å². The molecule has 1 rings (SSSR count). The second kappa shape index (κ2) is 11.7. The van der Waals surface area contributed by atoms with Crippen LogP contribution in [0.25, 0.3) is 0 Å². The van der Waals surface area contributed by atoms with Gasteiger partial charge in [0.25, 0.3) is 0 Å². The maximum Gasteiger partial charge on any atom is 0.119 e. The molecule has 0 amide bonds. The van der Waals surface area contributed by atoms with Crippen LogP contribution in [-0.2, 0) is 11.2 Å².